The first-order valence-electron chi connectivity index (χ1n) is 18.9. The van der Waals surface area contributed by atoms with Crippen molar-refractivity contribution >= 4 is 43.6 Å². The highest BCUT2D eigenvalue weighted by atomic mass is 15.0. The van der Waals surface area contributed by atoms with Gasteiger partial charge in [0.25, 0.3) is 0 Å². The Bertz CT molecular complexity index is 3220. The van der Waals surface area contributed by atoms with Gasteiger partial charge in [0.1, 0.15) is 0 Å². The van der Waals surface area contributed by atoms with E-state index >= 15 is 0 Å². The number of nitriles is 1. The van der Waals surface area contributed by atoms with Gasteiger partial charge in [-0.25, -0.2) is 0 Å². The highest BCUT2D eigenvalue weighted by Crippen LogP contribution is 2.49. The Morgan fingerprint density at radius 3 is 1.49 bits per heavy atom. The number of para-hydroxylation sites is 2. The van der Waals surface area contributed by atoms with Crippen molar-refractivity contribution in [2.24, 2.45) is 0 Å². The van der Waals surface area contributed by atoms with Gasteiger partial charge in [-0.3, -0.25) is 0 Å². The summed E-state index contributed by atoms with van der Waals surface area (Å²) in [7, 11) is 0. The van der Waals surface area contributed by atoms with E-state index in [1.165, 1.54) is 82.7 Å². The van der Waals surface area contributed by atoms with Gasteiger partial charge in [0.2, 0.25) is 0 Å². The summed E-state index contributed by atoms with van der Waals surface area (Å²) in [6, 6.07) is 66.0. The molecular weight excluding hydrogens is 667 g/mol. The maximum absolute atomic E-state index is 9.22. The second-order valence-electron chi connectivity index (χ2n) is 15.3. The molecule has 10 aromatic rings. The highest BCUT2D eigenvalue weighted by molar-refractivity contribution is 6.12. The molecule has 3 nitrogen and oxygen atoms in total. The van der Waals surface area contributed by atoms with Gasteiger partial charge in [-0.1, -0.05) is 117 Å². The molecule has 11 rings (SSSR count). The normalized spacial score (nSPS) is 13.0. The van der Waals surface area contributed by atoms with Crippen molar-refractivity contribution in [2.75, 3.05) is 0 Å². The van der Waals surface area contributed by atoms with Crippen molar-refractivity contribution in [3.8, 4) is 50.8 Å². The Labute approximate surface area is 319 Å². The molecule has 0 unspecified atom stereocenters. The molecule has 0 amide bonds. The standard InChI is InChI=1S/C52H35N3/c1-52(2)46-12-6-3-9-40(46)41-26-25-39(31-47(41)52)55-49-14-8-5-11-43(49)45-30-37(22-28-51(45)55)36-21-27-50-44(29-36)42-10-4-7-13-48(42)54(50)38-23-19-35(20-24-38)34-17-15-33(32-53)16-18-34/h3-31H,1-2H3. The fourth-order valence-electron chi connectivity index (χ4n) is 9.23. The third kappa shape index (κ3) is 4.62. The molecule has 8 aromatic carbocycles. The molecule has 0 aliphatic heterocycles. The first-order valence-corrected chi connectivity index (χ1v) is 18.9. The Morgan fingerprint density at radius 1 is 0.400 bits per heavy atom. The topological polar surface area (TPSA) is 33.6 Å². The predicted octanol–water partition coefficient (Wildman–Crippen LogP) is 13.4. The minimum atomic E-state index is -0.0642. The lowest BCUT2D eigenvalue weighted by Crippen LogP contribution is -2.15. The molecule has 2 heterocycles. The van der Waals surface area contributed by atoms with Gasteiger partial charge >= 0.3 is 0 Å². The van der Waals surface area contributed by atoms with Crippen molar-refractivity contribution in [3.05, 3.63) is 193 Å². The number of hydrogen-bond donors (Lipinski definition) is 0. The summed E-state index contributed by atoms with van der Waals surface area (Å²) < 4.78 is 4.81. The molecule has 0 bridgehead atoms. The molecule has 0 saturated heterocycles. The van der Waals surface area contributed by atoms with Gasteiger partial charge < -0.3 is 9.13 Å². The van der Waals surface area contributed by atoms with Gasteiger partial charge in [-0.2, -0.15) is 5.26 Å². The quantitative estimate of drug-likeness (QED) is 0.180. The van der Waals surface area contributed by atoms with Crippen LogP contribution in [0.15, 0.2) is 176 Å². The second kappa shape index (κ2) is 11.7. The third-order valence-electron chi connectivity index (χ3n) is 12.0. The molecule has 258 valence electrons. The molecule has 1 aliphatic rings. The van der Waals surface area contributed by atoms with E-state index in [4.69, 9.17) is 0 Å². The van der Waals surface area contributed by atoms with Crippen molar-refractivity contribution < 1.29 is 0 Å². The highest BCUT2D eigenvalue weighted by Gasteiger charge is 2.35. The largest absolute Gasteiger partial charge is 0.309 e. The lowest BCUT2D eigenvalue weighted by molar-refractivity contribution is 0.660. The van der Waals surface area contributed by atoms with Crippen molar-refractivity contribution in [1.82, 2.24) is 9.13 Å². The molecule has 0 N–H and O–H groups in total. The summed E-state index contributed by atoms with van der Waals surface area (Å²) in [6.07, 6.45) is 0. The lowest BCUT2D eigenvalue weighted by atomic mass is 9.82. The monoisotopic (exact) mass is 701 g/mol. The third-order valence-corrected chi connectivity index (χ3v) is 12.0. The van der Waals surface area contributed by atoms with E-state index in [1.807, 2.05) is 24.3 Å². The van der Waals surface area contributed by atoms with Crippen LogP contribution in [0.25, 0.3) is 88.4 Å². The Balaban J connectivity index is 1.02. The number of hydrogen-bond acceptors (Lipinski definition) is 1. The molecule has 2 aromatic heterocycles. The van der Waals surface area contributed by atoms with Crippen LogP contribution in [0.2, 0.25) is 0 Å². The summed E-state index contributed by atoms with van der Waals surface area (Å²) in [5.74, 6) is 0. The molecule has 1 aliphatic carbocycles. The van der Waals surface area contributed by atoms with E-state index in [0.29, 0.717) is 5.56 Å². The minimum Gasteiger partial charge on any atom is -0.309 e. The summed E-state index contributed by atoms with van der Waals surface area (Å²) in [6.45, 7) is 4.70. The van der Waals surface area contributed by atoms with Crippen LogP contribution in [-0.2, 0) is 5.41 Å². The van der Waals surface area contributed by atoms with Crippen LogP contribution >= 0.6 is 0 Å². The Morgan fingerprint density at radius 2 is 0.873 bits per heavy atom. The van der Waals surface area contributed by atoms with Crippen LogP contribution in [0.5, 0.6) is 0 Å². The molecule has 0 saturated carbocycles. The fourth-order valence-corrected chi connectivity index (χ4v) is 9.23. The number of aromatic nitrogens is 2. The molecule has 0 fully saturated rings. The van der Waals surface area contributed by atoms with E-state index < -0.39 is 0 Å². The van der Waals surface area contributed by atoms with Crippen LogP contribution in [0, 0.1) is 11.3 Å². The molecule has 0 radical (unpaired) electrons. The smallest absolute Gasteiger partial charge is 0.0991 e. The van der Waals surface area contributed by atoms with E-state index in [9.17, 15) is 5.26 Å². The van der Waals surface area contributed by atoms with E-state index in [0.717, 1.165) is 16.8 Å². The van der Waals surface area contributed by atoms with Gasteiger partial charge in [0.05, 0.1) is 33.7 Å². The van der Waals surface area contributed by atoms with Gasteiger partial charge in [-0.05, 0) is 117 Å². The van der Waals surface area contributed by atoms with Gasteiger partial charge in [0.15, 0.2) is 0 Å². The van der Waals surface area contributed by atoms with E-state index in [2.05, 4.69) is 181 Å². The van der Waals surface area contributed by atoms with Crippen LogP contribution in [0.3, 0.4) is 0 Å². The first-order chi connectivity index (χ1) is 27.0. The summed E-state index contributed by atoms with van der Waals surface area (Å²) >= 11 is 0. The summed E-state index contributed by atoms with van der Waals surface area (Å²) in [5.41, 5.74) is 17.8. The van der Waals surface area contributed by atoms with Crippen molar-refractivity contribution in [3.63, 3.8) is 0 Å². The number of nitrogens with zero attached hydrogens (tertiary/aromatic N) is 3. The van der Waals surface area contributed by atoms with Crippen LogP contribution < -0.4 is 0 Å². The second-order valence-corrected chi connectivity index (χ2v) is 15.3. The minimum absolute atomic E-state index is 0.0642. The average molecular weight is 702 g/mol. The van der Waals surface area contributed by atoms with Gasteiger partial charge in [0, 0.05) is 38.3 Å². The molecule has 3 heteroatoms. The molecular formula is C52H35N3. The maximum Gasteiger partial charge on any atom is 0.0991 e. The molecule has 0 atom stereocenters. The van der Waals surface area contributed by atoms with Crippen LogP contribution in [0.4, 0.5) is 0 Å². The molecule has 0 spiro atoms. The van der Waals surface area contributed by atoms with E-state index in [-0.39, 0.29) is 5.41 Å². The zero-order valence-corrected chi connectivity index (χ0v) is 30.6. The lowest BCUT2D eigenvalue weighted by Gasteiger charge is -2.22. The zero-order valence-electron chi connectivity index (χ0n) is 30.6. The molecule has 55 heavy (non-hydrogen) atoms. The fraction of sp³-hybridized carbons (Fsp3) is 0.0577. The Kier molecular flexibility index (Phi) is 6.66. The predicted molar refractivity (Wildman–Crippen MR) is 228 cm³/mol. The van der Waals surface area contributed by atoms with Gasteiger partial charge in [-0.15, -0.1) is 0 Å². The first kappa shape index (κ1) is 31.4. The average Bonchev–Trinajstić information content (AvgIpc) is 3.83. The zero-order chi connectivity index (χ0) is 36.8. The van der Waals surface area contributed by atoms with Crippen LogP contribution in [-0.4, -0.2) is 9.13 Å². The number of benzene rings is 8. The summed E-state index contributed by atoms with van der Waals surface area (Å²) in [5, 5.41) is 14.2. The van der Waals surface area contributed by atoms with Crippen molar-refractivity contribution in [1.29, 1.82) is 5.26 Å². The Hall–Kier alpha value is -7.15. The number of fused-ring (bicyclic) bond motifs is 9. The summed E-state index contributed by atoms with van der Waals surface area (Å²) in [4.78, 5) is 0. The maximum atomic E-state index is 9.22. The van der Waals surface area contributed by atoms with E-state index in [1.54, 1.807) is 0 Å². The van der Waals surface area contributed by atoms with Crippen LogP contribution in [0.1, 0.15) is 30.5 Å². The SMILES string of the molecule is CC1(C)c2ccccc2-c2ccc(-n3c4ccccc4c4cc(-c5ccc6c(c5)c5ccccc5n6-c5ccc(-c6ccc(C#N)cc6)cc5)ccc43)cc21. The number of rotatable bonds is 4. The van der Waals surface area contributed by atoms with Crippen molar-refractivity contribution in [2.45, 2.75) is 19.3 Å².